The zero-order valence-corrected chi connectivity index (χ0v) is 22.6. The normalized spacial score (nSPS) is 11.8. The molecule has 0 spiro atoms. The van der Waals surface area contributed by atoms with Crippen LogP contribution in [0.2, 0.25) is 5.02 Å². The summed E-state index contributed by atoms with van der Waals surface area (Å²) in [5, 5.41) is 18.7. The molecule has 0 amide bonds. The first-order valence-corrected chi connectivity index (χ1v) is 12.7. The minimum absolute atomic E-state index is 0.0658. The summed E-state index contributed by atoms with van der Waals surface area (Å²) in [6.07, 6.45) is 0. The Morgan fingerprint density at radius 1 is 1.08 bits per heavy atom. The van der Waals surface area contributed by atoms with Crippen LogP contribution in [-0.2, 0) is 0 Å². The number of methoxy groups -OCH3 is 1. The zero-order valence-electron chi connectivity index (χ0n) is 21.9. The van der Waals surface area contributed by atoms with Gasteiger partial charge in [0.05, 0.1) is 28.9 Å². The monoisotopic (exact) mass is 529 g/mol. The van der Waals surface area contributed by atoms with E-state index in [0.717, 1.165) is 26.2 Å². The van der Waals surface area contributed by atoms with Gasteiger partial charge in [-0.25, -0.2) is 9.37 Å². The van der Waals surface area contributed by atoms with Crippen LogP contribution in [0.5, 0.6) is 17.2 Å². The van der Waals surface area contributed by atoms with Crippen LogP contribution in [0.25, 0.3) is 33.1 Å². The second-order valence-corrected chi connectivity index (χ2v) is 9.38. The number of pyridine rings is 1. The van der Waals surface area contributed by atoms with Gasteiger partial charge in [-0.1, -0.05) is 25.4 Å². The number of phenolic OH excluding ortho intramolecular Hbond substituents is 1. The average molecular weight is 530 g/mol. The van der Waals surface area contributed by atoms with Crippen LogP contribution in [0.15, 0.2) is 24.3 Å². The number of aryl methyl sites for hydroxylation is 1. The molecule has 8 nitrogen and oxygen atoms in total. The van der Waals surface area contributed by atoms with Gasteiger partial charge in [0.15, 0.2) is 17.1 Å². The summed E-state index contributed by atoms with van der Waals surface area (Å²) >= 11 is 6.16. The van der Waals surface area contributed by atoms with Crippen LogP contribution in [-0.4, -0.2) is 83.6 Å². The molecule has 0 unspecified atom stereocenters. The van der Waals surface area contributed by atoms with E-state index in [1.807, 2.05) is 14.0 Å². The Labute approximate surface area is 220 Å². The van der Waals surface area contributed by atoms with Crippen molar-refractivity contribution in [3.63, 3.8) is 0 Å². The van der Waals surface area contributed by atoms with Gasteiger partial charge in [-0.2, -0.15) is 5.10 Å². The molecular weight excluding hydrogens is 497 g/mol. The third-order valence-corrected chi connectivity index (χ3v) is 6.99. The second-order valence-electron chi connectivity index (χ2n) is 8.98. The van der Waals surface area contributed by atoms with Gasteiger partial charge in [0.2, 0.25) is 0 Å². The number of ether oxygens (including phenoxy) is 2. The molecule has 198 valence electrons. The van der Waals surface area contributed by atoms with E-state index < -0.39 is 5.82 Å². The number of nitrogens with zero attached hydrogens (tertiary/aromatic N) is 4. The van der Waals surface area contributed by atoms with Crippen LogP contribution in [0.4, 0.5) is 4.39 Å². The number of hydrogen-bond acceptors (Lipinski definition) is 7. The number of H-pyrrole nitrogens is 1. The van der Waals surface area contributed by atoms with E-state index in [1.54, 1.807) is 12.1 Å². The molecule has 2 aromatic carbocycles. The molecule has 0 fully saturated rings. The third kappa shape index (κ3) is 5.44. The summed E-state index contributed by atoms with van der Waals surface area (Å²) in [5.74, 6) is 0.150. The van der Waals surface area contributed by atoms with E-state index in [-0.39, 0.29) is 16.2 Å². The molecule has 0 atom stereocenters. The first-order valence-electron chi connectivity index (χ1n) is 12.4. The third-order valence-electron chi connectivity index (χ3n) is 6.68. The topological polar surface area (TPSA) is 86.7 Å². The van der Waals surface area contributed by atoms with Crippen molar-refractivity contribution in [1.82, 2.24) is 25.0 Å². The molecule has 0 aliphatic carbocycles. The lowest BCUT2D eigenvalue weighted by molar-refractivity contribution is 0.203. The average Bonchev–Trinajstić information content (AvgIpc) is 3.26. The number of aromatic nitrogens is 3. The number of benzene rings is 2. The lowest BCUT2D eigenvalue weighted by Gasteiger charge is -2.23. The Morgan fingerprint density at radius 3 is 2.51 bits per heavy atom. The maximum atomic E-state index is 15.8. The van der Waals surface area contributed by atoms with Crippen LogP contribution in [0.1, 0.15) is 19.5 Å². The van der Waals surface area contributed by atoms with Crippen LogP contribution < -0.4 is 9.47 Å². The summed E-state index contributed by atoms with van der Waals surface area (Å²) in [5.41, 5.74) is 2.04. The Balaban J connectivity index is 1.74. The molecule has 10 heteroatoms. The number of hydrogen-bond donors (Lipinski definition) is 2. The van der Waals surface area contributed by atoms with E-state index >= 15 is 4.39 Å². The van der Waals surface area contributed by atoms with Crippen molar-refractivity contribution < 1.29 is 19.0 Å². The van der Waals surface area contributed by atoms with Crippen molar-refractivity contribution in [1.29, 1.82) is 0 Å². The van der Waals surface area contributed by atoms with Crippen LogP contribution in [0, 0.1) is 12.7 Å². The smallest absolute Gasteiger partial charge is 0.169 e. The predicted molar refractivity (Wildman–Crippen MR) is 146 cm³/mol. The van der Waals surface area contributed by atoms with Crippen LogP contribution in [0.3, 0.4) is 0 Å². The molecule has 0 aliphatic rings. The maximum absolute atomic E-state index is 15.8. The molecule has 2 aromatic heterocycles. The molecular formula is C27H33ClFN5O3. The number of aromatic amines is 1. The Kier molecular flexibility index (Phi) is 8.36. The van der Waals surface area contributed by atoms with Gasteiger partial charge in [0.25, 0.3) is 0 Å². The van der Waals surface area contributed by atoms with E-state index in [1.165, 1.54) is 19.2 Å². The minimum atomic E-state index is -0.505. The van der Waals surface area contributed by atoms with Crippen molar-refractivity contribution in [2.75, 3.05) is 53.5 Å². The lowest BCUT2D eigenvalue weighted by atomic mass is 9.99. The number of aromatic hydroxyl groups is 1. The highest BCUT2D eigenvalue weighted by Gasteiger charge is 2.24. The Bertz CT molecular complexity index is 1410. The minimum Gasteiger partial charge on any atom is -0.506 e. The van der Waals surface area contributed by atoms with Crippen molar-refractivity contribution in [2.24, 2.45) is 0 Å². The van der Waals surface area contributed by atoms with Gasteiger partial charge in [0, 0.05) is 42.0 Å². The molecule has 4 rings (SSSR count). The number of fused-ring (bicyclic) bond motifs is 3. The maximum Gasteiger partial charge on any atom is 0.169 e. The molecule has 0 aliphatic heterocycles. The molecule has 2 heterocycles. The lowest BCUT2D eigenvalue weighted by Crippen LogP contribution is -2.34. The fourth-order valence-corrected chi connectivity index (χ4v) is 4.68. The zero-order chi connectivity index (χ0) is 26.7. The standard InChI is InChI=1S/C27H33ClFN5O3/c1-6-34(7-2)11-10-33(4)12-13-37-21-15-19(29)23-24(26(21)36-5)22-16(3)31-32-27(22)30-25(23)17-8-9-20(35)18(28)14-17/h8-9,14-15,35H,6-7,10-13H2,1-5H3,(H,30,31,32). The summed E-state index contributed by atoms with van der Waals surface area (Å²) in [4.78, 5) is 9.22. The van der Waals surface area contributed by atoms with Gasteiger partial charge in [-0.3, -0.25) is 5.10 Å². The number of likely N-dealkylation sites (N-methyl/N-ethyl adjacent to an activating group) is 2. The quantitative estimate of drug-likeness (QED) is 0.274. The fraction of sp³-hybridized carbons (Fsp3) is 0.407. The van der Waals surface area contributed by atoms with Crippen molar-refractivity contribution in [2.45, 2.75) is 20.8 Å². The molecule has 0 saturated heterocycles. The summed E-state index contributed by atoms with van der Waals surface area (Å²) in [6.45, 7) is 11.1. The number of halogens is 2. The van der Waals surface area contributed by atoms with Gasteiger partial charge in [-0.05, 0) is 45.3 Å². The van der Waals surface area contributed by atoms with E-state index in [0.29, 0.717) is 58.0 Å². The van der Waals surface area contributed by atoms with Gasteiger partial charge >= 0.3 is 0 Å². The predicted octanol–water partition coefficient (Wildman–Crippen LogP) is 5.25. The van der Waals surface area contributed by atoms with Gasteiger partial charge in [-0.15, -0.1) is 0 Å². The Hall–Kier alpha value is -3.14. The largest absolute Gasteiger partial charge is 0.506 e. The van der Waals surface area contributed by atoms with Crippen molar-refractivity contribution in [3.05, 3.63) is 40.8 Å². The van der Waals surface area contributed by atoms with Crippen molar-refractivity contribution in [3.8, 4) is 28.5 Å². The molecule has 0 saturated carbocycles. The molecule has 0 bridgehead atoms. The highest BCUT2D eigenvalue weighted by Crippen LogP contribution is 2.45. The van der Waals surface area contributed by atoms with Gasteiger partial charge < -0.3 is 24.4 Å². The summed E-state index contributed by atoms with van der Waals surface area (Å²) in [7, 11) is 3.58. The van der Waals surface area contributed by atoms with E-state index in [9.17, 15) is 5.11 Å². The molecule has 4 aromatic rings. The number of phenols is 1. The van der Waals surface area contributed by atoms with Crippen LogP contribution >= 0.6 is 11.6 Å². The first-order chi connectivity index (χ1) is 17.8. The number of rotatable bonds is 11. The first kappa shape index (κ1) is 26.9. The number of nitrogens with one attached hydrogen (secondary N) is 1. The van der Waals surface area contributed by atoms with Gasteiger partial charge in [0.1, 0.15) is 18.2 Å². The van der Waals surface area contributed by atoms with E-state index in [2.05, 4.69) is 38.8 Å². The Morgan fingerprint density at radius 2 is 1.84 bits per heavy atom. The molecule has 0 radical (unpaired) electrons. The summed E-state index contributed by atoms with van der Waals surface area (Å²) in [6, 6.07) is 5.99. The van der Waals surface area contributed by atoms with Crippen molar-refractivity contribution >= 4 is 33.4 Å². The van der Waals surface area contributed by atoms with E-state index in [4.69, 9.17) is 21.1 Å². The fourth-order valence-electron chi connectivity index (χ4n) is 4.50. The SMILES string of the molecule is CCN(CC)CCN(C)CCOc1cc(F)c2c(-c3ccc(O)c(Cl)c3)nc3[nH]nc(C)c3c2c1OC. The molecule has 37 heavy (non-hydrogen) atoms. The summed E-state index contributed by atoms with van der Waals surface area (Å²) < 4.78 is 27.7. The second kappa shape index (κ2) is 11.5. The highest BCUT2D eigenvalue weighted by molar-refractivity contribution is 6.32. The highest BCUT2D eigenvalue weighted by atomic mass is 35.5. The molecule has 2 N–H and O–H groups in total.